The number of rotatable bonds is 10. The second-order valence-corrected chi connectivity index (χ2v) is 7.33. The zero-order valence-corrected chi connectivity index (χ0v) is 17.7. The summed E-state index contributed by atoms with van der Waals surface area (Å²) in [6.07, 6.45) is 7.35. The van der Waals surface area contributed by atoms with Crippen molar-refractivity contribution in [1.29, 1.82) is 0 Å². The van der Waals surface area contributed by atoms with Crippen LogP contribution in [0.5, 0.6) is 5.75 Å². The van der Waals surface area contributed by atoms with E-state index in [1.165, 1.54) is 18.6 Å². The minimum Gasteiger partial charge on any atom is -0.494 e. The van der Waals surface area contributed by atoms with Gasteiger partial charge in [0.05, 0.1) is 19.7 Å². The summed E-state index contributed by atoms with van der Waals surface area (Å²) in [6, 6.07) is 6.28. The topological polar surface area (TPSA) is 41.6 Å². The van der Waals surface area contributed by atoms with Crippen molar-refractivity contribution in [1.82, 2.24) is 10.2 Å². The molecule has 2 rings (SSSR count). The van der Waals surface area contributed by atoms with Crippen LogP contribution >= 0.6 is 12.4 Å². The average Bonchev–Trinajstić information content (AvgIpc) is 2.68. The van der Waals surface area contributed by atoms with Gasteiger partial charge in [-0.25, -0.2) is 0 Å². The van der Waals surface area contributed by atoms with Crippen LogP contribution in [0.3, 0.4) is 0 Å². The van der Waals surface area contributed by atoms with E-state index in [1.807, 2.05) is 6.92 Å². The highest BCUT2D eigenvalue weighted by molar-refractivity contribution is 5.85. The first kappa shape index (κ1) is 24.6. The fourth-order valence-electron chi connectivity index (χ4n) is 3.37. The summed E-state index contributed by atoms with van der Waals surface area (Å²) < 4.78 is 34.5. The average molecular weight is 419 g/mol. The van der Waals surface area contributed by atoms with Gasteiger partial charge in [0.15, 0.2) is 0 Å². The third-order valence-corrected chi connectivity index (χ3v) is 5.16. The Balaban J connectivity index is 0.00000392. The van der Waals surface area contributed by atoms with Gasteiger partial charge >= 0.3 is 0 Å². The van der Waals surface area contributed by atoms with E-state index in [0.717, 1.165) is 38.5 Å². The Kier molecular flexibility index (Phi) is 10.8. The Morgan fingerprint density at radius 3 is 2.68 bits per heavy atom. The van der Waals surface area contributed by atoms with Crippen molar-refractivity contribution in [3.05, 3.63) is 29.8 Å². The predicted octanol–water partition coefficient (Wildman–Crippen LogP) is 4.76. The molecule has 1 fully saturated rings. The molecule has 1 aliphatic rings. The zero-order valence-electron chi connectivity index (χ0n) is 16.9. The van der Waals surface area contributed by atoms with Crippen molar-refractivity contribution in [2.75, 3.05) is 26.7 Å². The number of carbonyl (C=O) groups is 1. The number of nitrogens with zero attached hydrogens (tertiary/aromatic N) is 1. The van der Waals surface area contributed by atoms with E-state index in [9.17, 15) is 13.6 Å². The maximum atomic E-state index is 14.5. The lowest BCUT2D eigenvalue weighted by Gasteiger charge is -2.31. The lowest BCUT2D eigenvalue weighted by molar-refractivity contribution is -0.131. The number of nitrogens with one attached hydrogen (secondary N) is 1. The van der Waals surface area contributed by atoms with Gasteiger partial charge < -0.3 is 15.0 Å². The van der Waals surface area contributed by atoms with Crippen LogP contribution in [0, 0.1) is 0 Å². The number of hydrogen-bond acceptors (Lipinski definition) is 3. The first-order valence-electron chi connectivity index (χ1n) is 10.0. The maximum Gasteiger partial charge on any atom is 0.285 e. The number of halogens is 3. The predicted molar refractivity (Wildman–Crippen MR) is 110 cm³/mol. The van der Waals surface area contributed by atoms with E-state index in [1.54, 1.807) is 24.1 Å². The summed E-state index contributed by atoms with van der Waals surface area (Å²) in [4.78, 5) is 14.0. The molecule has 1 N–H and O–H groups in total. The summed E-state index contributed by atoms with van der Waals surface area (Å²) in [7, 11) is 1.77. The second-order valence-electron chi connectivity index (χ2n) is 7.33. The molecular formula is C21H33ClF2N2O2. The van der Waals surface area contributed by atoms with Crippen molar-refractivity contribution in [3.8, 4) is 5.75 Å². The van der Waals surface area contributed by atoms with Crippen LogP contribution < -0.4 is 10.1 Å². The van der Waals surface area contributed by atoms with Crippen molar-refractivity contribution in [2.24, 2.45) is 0 Å². The van der Waals surface area contributed by atoms with E-state index >= 15 is 0 Å². The van der Waals surface area contributed by atoms with Gasteiger partial charge in [-0.15, -0.1) is 12.4 Å². The summed E-state index contributed by atoms with van der Waals surface area (Å²) in [5, 5.41) is 2.63. The van der Waals surface area contributed by atoms with Gasteiger partial charge in [0.2, 0.25) is 5.91 Å². The van der Waals surface area contributed by atoms with Gasteiger partial charge in [-0.2, -0.15) is 8.78 Å². The van der Waals surface area contributed by atoms with Gasteiger partial charge in [0, 0.05) is 18.7 Å². The highest BCUT2D eigenvalue weighted by Gasteiger charge is 2.32. The molecule has 1 saturated carbocycles. The van der Waals surface area contributed by atoms with E-state index in [-0.39, 0.29) is 36.5 Å². The molecule has 0 atom stereocenters. The third kappa shape index (κ3) is 7.55. The Labute approximate surface area is 173 Å². The van der Waals surface area contributed by atoms with Gasteiger partial charge in [-0.3, -0.25) is 4.79 Å². The summed E-state index contributed by atoms with van der Waals surface area (Å²) in [5.41, 5.74) is -0.0999. The molecule has 160 valence electrons. The fraction of sp³-hybridized carbons (Fsp3) is 0.667. The molecule has 0 aromatic heterocycles. The molecule has 28 heavy (non-hydrogen) atoms. The van der Waals surface area contributed by atoms with Crippen molar-refractivity contribution < 1.29 is 18.3 Å². The quantitative estimate of drug-likeness (QED) is 0.557. The number of unbranched alkanes of at least 4 members (excludes halogenated alkanes) is 1. The molecule has 0 heterocycles. The van der Waals surface area contributed by atoms with Crippen LogP contribution in [0.4, 0.5) is 8.78 Å². The number of likely N-dealkylation sites (N-methyl/N-ethyl adjacent to an activating group) is 1. The van der Waals surface area contributed by atoms with E-state index in [0.29, 0.717) is 12.4 Å². The smallest absolute Gasteiger partial charge is 0.285 e. The molecule has 1 aliphatic carbocycles. The lowest BCUT2D eigenvalue weighted by Crippen LogP contribution is -2.44. The zero-order chi connectivity index (χ0) is 19.7. The third-order valence-electron chi connectivity index (χ3n) is 5.16. The molecule has 0 aliphatic heterocycles. The highest BCUT2D eigenvalue weighted by Crippen LogP contribution is 2.29. The first-order valence-corrected chi connectivity index (χ1v) is 10.0. The van der Waals surface area contributed by atoms with Gasteiger partial charge in [-0.05, 0) is 31.4 Å². The summed E-state index contributed by atoms with van der Waals surface area (Å²) in [6.45, 7) is 1.92. The van der Waals surface area contributed by atoms with Crippen molar-refractivity contribution in [2.45, 2.75) is 63.8 Å². The standard InChI is InChI=1S/C21H32F2N2O2.ClH/c1-3-4-13-27-19-12-8-9-17(14-19)21(22,23)16-24-15-20(26)25(2)18-10-6-5-7-11-18;/h8-9,12,14,18,24H,3-7,10-11,13,15-16H2,1-2H3;1H. The number of alkyl halides is 2. The summed E-state index contributed by atoms with van der Waals surface area (Å²) in [5.74, 6) is -2.74. The monoisotopic (exact) mass is 418 g/mol. The highest BCUT2D eigenvalue weighted by atomic mass is 35.5. The number of ether oxygens (including phenoxy) is 1. The lowest BCUT2D eigenvalue weighted by atomic mass is 9.94. The van der Waals surface area contributed by atoms with Crippen LogP contribution in [0.25, 0.3) is 0 Å². The van der Waals surface area contributed by atoms with E-state index in [2.05, 4.69) is 5.32 Å². The molecule has 4 nitrogen and oxygen atoms in total. The molecule has 0 saturated heterocycles. The normalized spacial score (nSPS) is 15.0. The molecule has 0 spiro atoms. The molecule has 7 heteroatoms. The second kappa shape index (κ2) is 12.2. The Morgan fingerprint density at radius 1 is 1.29 bits per heavy atom. The fourth-order valence-corrected chi connectivity index (χ4v) is 3.37. The largest absolute Gasteiger partial charge is 0.494 e. The first-order chi connectivity index (χ1) is 12.9. The number of hydrogen-bond donors (Lipinski definition) is 1. The van der Waals surface area contributed by atoms with Crippen LogP contribution in [0.2, 0.25) is 0 Å². The van der Waals surface area contributed by atoms with Gasteiger partial charge in [-0.1, -0.05) is 44.7 Å². The van der Waals surface area contributed by atoms with Crippen molar-refractivity contribution in [3.63, 3.8) is 0 Å². The SMILES string of the molecule is CCCCOc1cccc(C(F)(F)CNCC(=O)N(C)C2CCCCC2)c1.Cl. The van der Waals surface area contributed by atoms with E-state index < -0.39 is 12.5 Å². The number of benzene rings is 1. The summed E-state index contributed by atoms with van der Waals surface area (Å²) >= 11 is 0. The number of carbonyl (C=O) groups excluding carboxylic acids is 1. The number of amides is 1. The molecular weight excluding hydrogens is 386 g/mol. The minimum atomic E-state index is -3.06. The van der Waals surface area contributed by atoms with Crippen LogP contribution in [0.15, 0.2) is 24.3 Å². The minimum absolute atomic E-state index is 0. The van der Waals surface area contributed by atoms with Gasteiger partial charge in [0.1, 0.15) is 5.75 Å². The van der Waals surface area contributed by atoms with Crippen molar-refractivity contribution >= 4 is 18.3 Å². The molecule has 1 aromatic carbocycles. The van der Waals surface area contributed by atoms with Crippen LogP contribution in [-0.2, 0) is 10.7 Å². The molecule has 0 unspecified atom stereocenters. The van der Waals surface area contributed by atoms with E-state index in [4.69, 9.17) is 4.74 Å². The maximum absolute atomic E-state index is 14.5. The molecule has 1 amide bonds. The molecule has 0 bridgehead atoms. The Bertz CT molecular complexity index is 596. The Morgan fingerprint density at radius 2 is 2.00 bits per heavy atom. The Hall–Kier alpha value is -1.40. The molecule has 0 radical (unpaired) electrons. The van der Waals surface area contributed by atoms with Crippen LogP contribution in [0.1, 0.15) is 57.4 Å². The van der Waals surface area contributed by atoms with Gasteiger partial charge in [0.25, 0.3) is 5.92 Å². The molecule has 1 aromatic rings. The van der Waals surface area contributed by atoms with Crippen LogP contribution in [-0.4, -0.2) is 43.6 Å².